The van der Waals surface area contributed by atoms with Gasteiger partial charge in [-0.2, -0.15) is 0 Å². The van der Waals surface area contributed by atoms with Crippen molar-refractivity contribution in [1.29, 1.82) is 0 Å². The van der Waals surface area contributed by atoms with Crippen LogP contribution in [0.5, 0.6) is 5.75 Å². The van der Waals surface area contributed by atoms with Crippen LogP contribution < -0.4 is 15.0 Å². The van der Waals surface area contributed by atoms with Crippen LogP contribution in [0.25, 0.3) is 11.3 Å². The summed E-state index contributed by atoms with van der Waals surface area (Å²) in [7, 11) is 1.65. The quantitative estimate of drug-likeness (QED) is 0.522. The maximum atomic E-state index is 13.3. The standard InChI is InChI=1S/C27H38N6O3S/c1-20(2)28-27(37)33(18-23-6-4-17-36-23)19-26(34)32-14-5-13-31(15-16-32)25-12-11-24(29-30-25)21-7-9-22(35-3)10-8-21/h7-12,20,23H,4-6,13-19H2,1-3H3,(H,28,37)/t23-/m1/s1. The molecule has 0 spiro atoms. The van der Waals surface area contributed by atoms with E-state index >= 15 is 0 Å². The summed E-state index contributed by atoms with van der Waals surface area (Å²) in [5.41, 5.74) is 1.81. The van der Waals surface area contributed by atoms with Crippen molar-refractivity contribution >= 4 is 29.1 Å². The molecule has 4 rings (SSSR count). The number of amides is 1. The molecule has 0 bridgehead atoms. The summed E-state index contributed by atoms with van der Waals surface area (Å²) in [5.74, 6) is 1.73. The van der Waals surface area contributed by atoms with Crippen LogP contribution in [0.1, 0.15) is 33.1 Å². The average molecular weight is 527 g/mol. The van der Waals surface area contributed by atoms with Crippen LogP contribution in [0.3, 0.4) is 0 Å². The molecule has 3 heterocycles. The lowest BCUT2D eigenvalue weighted by atomic mass is 10.1. The molecule has 0 aliphatic carbocycles. The second-order valence-electron chi connectivity index (χ2n) is 9.85. The summed E-state index contributed by atoms with van der Waals surface area (Å²) in [4.78, 5) is 19.4. The van der Waals surface area contributed by atoms with E-state index in [-0.39, 0.29) is 24.6 Å². The van der Waals surface area contributed by atoms with E-state index in [0.29, 0.717) is 31.3 Å². The van der Waals surface area contributed by atoms with E-state index in [4.69, 9.17) is 21.7 Å². The highest BCUT2D eigenvalue weighted by atomic mass is 32.1. The Bertz CT molecular complexity index is 1030. The fraction of sp³-hybridized carbons (Fsp3) is 0.556. The molecule has 1 aromatic carbocycles. The molecule has 0 unspecified atom stereocenters. The van der Waals surface area contributed by atoms with Gasteiger partial charge in [0.25, 0.3) is 0 Å². The van der Waals surface area contributed by atoms with Crippen molar-refractivity contribution in [1.82, 2.24) is 25.3 Å². The van der Waals surface area contributed by atoms with Gasteiger partial charge in [0.05, 0.1) is 25.5 Å². The van der Waals surface area contributed by atoms with Gasteiger partial charge in [0.2, 0.25) is 5.91 Å². The van der Waals surface area contributed by atoms with Crippen LogP contribution in [-0.2, 0) is 9.53 Å². The Morgan fingerprint density at radius 2 is 1.95 bits per heavy atom. The number of benzene rings is 1. The predicted octanol–water partition coefficient (Wildman–Crippen LogP) is 2.95. The molecular weight excluding hydrogens is 488 g/mol. The molecule has 2 saturated heterocycles. The highest BCUT2D eigenvalue weighted by Crippen LogP contribution is 2.22. The number of thiocarbonyl (C=S) groups is 1. The summed E-state index contributed by atoms with van der Waals surface area (Å²) >= 11 is 5.63. The normalized spacial score (nSPS) is 18.0. The number of nitrogens with zero attached hydrogens (tertiary/aromatic N) is 5. The second-order valence-corrected chi connectivity index (χ2v) is 10.2. The SMILES string of the molecule is COc1ccc(-c2ccc(N3CCCN(C(=O)CN(C[C@H]4CCCO4)C(=S)NC(C)C)CC3)nn2)cc1. The van der Waals surface area contributed by atoms with Crippen molar-refractivity contribution in [3.05, 3.63) is 36.4 Å². The van der Waals surface area contributed by atoms with Crippen molar-refractivity contribution in [2.75, 3.05) is 57.9 Å². The smallest absolute Gasteiger partial charge is 0.242 e. The lowest BCUT2D eigenvalue weighted by Crippen LogP contribution is -2.50. The maximum absolute atomic E-state index is 13.3. The van der Waals surface area contributed by atoms with Gasteiger partial charge in [-0.1, -0.05) is 0 Å². The van der Waals surface area contributed by atoms with E-state index in [1.165, 1.54) is 0 Å². The molecule has 0 radical (unpaired) electrons. The van der Waals surface area contributed by atoms with Crippen molar-refractivity contribution in [3.8, 4) is 17.0 Å². The zero-order chi connectivity index (χ0) is 26.2. The Hall–Kier alpha value is -2.98. The minimum atomic E-state index is 0.0914. The molecular formula is C27H38N6O3S. The van der Waals surface area contributed by atoms with Crippen molar-refractivity contribution in [3.63, 3.8) is 0 Å². The fourth-order valence-electron chi connectivity index (χ4n) is 4.66. The van der Waals surface area contributed by atoms with E-state index in [1.807, 2.05) is 60.0 Å². The van der Waals surface area contributed by atoms with Gasteiger partial charge in [-0.3, -0.25) is 4.79 Å². The first kappa shape index (κ1) is 27.1. The van der Waals surface area contributed by atoms with Gasteiger partial charge in [0.15, 0.2) is 10.9 Å². The summed E-state index contributed by atoms with van der Waals surface area (Å²) in [6.07, 6.45) is 3.06. The highest BCUT2D eigenvalue weighted by molar-refractivity contribution is 7.80. The van der Waals surface area contributed by atoms with Crippen LogP contribution in [-0.4, -0.2) is 96.1 Å². The fourth-order valence-corrected chi connectivity index (χ4v) is 5.04. The number of anilines is 1. The minimum Gasteiger partial charge on any atom is -0.497 e. The Morgan fingerprint density at radius 3 is 2.59 bits per heavy atom. The number of carbonyl (C=O) groups excluding carboxylic acids is 1. The monoisotopic (exact) mass is 526 g/mol. The molecule has 1 atom stereocenters. The summed E-state index contributed by atoms with van der Waals surface area (Å²) in [5, 5.41) is 12.8. The third-order valence-electron chi connectivity index (χ3n) is 6.68. The molecule has 1 N–H and O–H groups in total. The van der Waals surface area contributed by atoms with E-state index in [2.05, 4.69) is 20.4 Å². The largest absolute Gasteiger partial charge is 0.497 e. The lowest BCUT2D eigenvalue weighted by molar-refractivity contribution is -0.131. The van der Waals surface area contributed by atoms with Crippen molar-refractivity contribution in [2.45, 2.75) is 45.3 Å². The Kier molecular flexibility index (Phi) is 9.51. The number of hydrogen-bond acceptors (Lipinski definition) is 7. The molecule has 1 amide bonds. The van der Waals surface area contributed by atoms with Gasteiger partial charge < -0.3 is 29.5 Å². The molecule has 9 nitrogen and oxygen atoms in total. The van der Waals surface area contributed by atoms with Gasteiger partial charge >= 0.3 is 0 Å². The Balaban J connectivity index is 1.34. The topological polar surface area (TPSA) is 83.1 Å². The van der Waals surface area contributed by atoms with Crippen LogP contribution in [0.15, 0.2) is 36.4 Å². The van der Waals surface area contributed by atoms with Gasteiger partial charge in [-0.15, -0.1) is 10.2 Å². The minimum absolute atomic E-state index is 0.0914. The number of methoxy groups -OCH3 is 1. The number of nitrogens with one attached hydrogen (secondary N) is 1. The van der Waals surface area contributed by atoms with Crippen LogP contribution in [0, 0.1) is 0 Å². The van der Waals surface area contributed by atoms with Crippen LogP contribution >= 0.6 is 12.2 Å². The zero-order valence-electron chi connectivity index (χ0n) is 22.1. The molecule has 10 heteroatoms. The number of ether oxygens (including phenoxy) is 2. The average Bonchev–Trinajstić information content (AvgIpc) is 3.29. The van der Waals surface area contributed by atoms with E-state index < -0.39 is 0 Å². The van der Waals surface area contributed by atoms with Crippen LogP contribution in [0.4, 0.5) is 5.82 Å². The van der Waals surface area contributed by atoms with Gasteiger partial charge in [0.1, 0.15) is 5.75 Å². The molecule has 0 saturated carbocycles. The highest BCUT2D eigenvalue weighted by Gasteiger charge is 2.26. The second kappa shape index (κ2) is 13.0. The first-order valence-electron chi connectivity index (χ1n) is 13.1. The summed E-state index contributed by atoms with van der Waals surface area (Å²) in [6, 6.07) is 12.0. The zero-order valence-corrected chi connectivity index (χ0v) is 22.9. The first-order valence-corrected chi connectivity index (χ1v) is 13.5. The van der Waals surface area contributed by atoms with E-state index in [9.17, 15) is 4.79 Å². The summed E-state index contributed by atoms with van der Waals surface area (Å²) in [6.45, 7) is 8.67. The van der Waals surface area contributed by atoms with Crippen molar-refractivity contribution in [2.24, 2.45) is 0 Å². The lowest BCUT2D eigenvalue weighted by Gasteiger charge is -2.31. The molecule has 2 aliphatic rings. The molecule has 2 fully saturated rings. The van der Waals surface area contributed by atoms with Crippen LogP contribution in [0.2, 0.25) is 0 Å². The summed E-state index contributed by atoms with van der Waals surface area (Å²) < 4.78 is 11.0. The van der Waals surface area contributed by atoms with E-state index in [0.717, 1.165) is 55.2 Å². The molecule has 2 aromatic rings. The first-order chi connectivity index (χ1) is 17.9. The Labute approximate surface area is 225 Å². The molecule has 200 valence electrons. The molecule has 1 aromatic heterocycles. The maximum Gasteiger partial charge on any atom is 0.242 e. The van der Waals surface area contributed by atoms with Gasteiger partial charge in [-0.05, 0) is 81.7 Å². The number of hydrogen-bond donors (Lipinski definition) is 1. The predicted molar refractivity (Wildman–Crippen MR) is 149 cm³/mol. The number of rotatable bonds is 8. The Morgan fingerprint density at radius 1 is 1.14 bits per heavy atom. The van der Waals surface area contributed by atoms with E-state index in [1.54, 1.807) is 7.11 Å². The third-order valence-corrected chi connectivity index (χ3v) is 7.06. The van der Waals surface area contributed by atoms with Gasteiger partial charge in [-0.25, -0.2) is 0 Å². The number of carbonyl (C=O) groups is 1. The molecule has 2 aliphatic heterocycles. The number of aromatic nitrogens is 2. The van der Waals surface area contributed by atoms with Gasteiger partial charge in [0, 0.05) is 50.9 Å². The third kappa shape index (κ3) is 7.52. The molecule has 37 heavy (non-hydrogen) atoms. The van der Waals surface area contributed by atoms with Crippen molar-refractivity contribution < 1.29 is 14.3 Å².